The molecular formula is C44H55N5O10S. The lowest BCUT2D eigenvalue weighted by Gasteiger charge is -2.32. The predicted molar refractivity (Wildman–Crippen MR) is 224 cm³/mol. The maximum Gasteiger partial charge on any atom is 0.405 e. The van der Waals surface area contributed by atoms with E-state index in [-0.39, 0.29) is 31.4 Å². The standard InChI is InChI=1S/C44H55N5O10S/c1-25(2)58-30-13-11-28(12-14-30)34-22-37(33-16-15-31(57-6)20-35(33)45-34)59-32-21-36-39(50)47-44(41(52)48-60(55,56)43(5)17-18-43)23-29(44)10-8-7-9-26(3)19-27(4)38(46-42(53)54)40(51)49(36)24-32/h8,10-16,20,22,25-27,29,32,36,38,46H,7,9,17-19,21,23-24H2,1-6H3,(H,47,50)(H,48,52)(H,53,54)/b10-8-/t26-,27-,29-,32-,36+,38+,44-/m1/s1. The molecule has 3 aromatic rings. The van der Waals surface area contributed by atoms with E-state index in [0.717, 1.165) is 12.0 Å². The van der Waals surface area contributed by atoms with Gasteiger partial charge in [-0.15, -0.1) is 0 Å². The summed E-state index contributed by atoms with van der Waals surface area (Å²) in [6.07, 6.45) is 4.54. The Bertz CT molecular complexity index is 2300. The van der Waals surface area contributed by atoms with Gasteiger partial charge in [0.25, 0.3) is 5.91 Å². The van der Waals surface area contributed by atoms with Gasteiger partial charge >= 0.3 is 6.09 Å². The molecule has 0 radical (unpaired) electrons. The molecule has 16 heteroatoms. The maximum atomic E-state index is 14.6. The minimum atomic E-state index is -4.03. The van der Waals surface area contributed by atoms with E-state index in [2.05, 4.69) is 15.4 Å². The van der Waals surface area contributed by atoms with Crippen LogP contribution < -0.4 is 29.6 Å². The van der Waals surface area contributed by atoms with Gasteiger partial charge in [-0.05, 0) is 108 Å². The fraction of sp³-hybridized carbons (Fsp3) is 0.523. The quantitative estimate of drug-likeness (QED) is 0.186. The van der Waals surface area contributed by atoms with E-state index in [0.29, 0.717) is 59.5 Å². The molecule has 1 saturated heterocycles. The number of carbonyl (C=O) groups excluding carboxylic acids is 3. The molecule has 15 nitrogen and oxygen atoms in total. The first-order valence-corrected chi connectivity index (χ1v) is 22.2. The molecule has 2 saturated carbocycles. The van der Waals surface area contributed by atoms with Crippen LogP contribution in [-0.2, 0) is 24.4 Å². The molecule has 2 aromatic carbocycles. The summed E-state index contributed by atoms with van der Waals surface area (Å²) < 4.78 is 45.7. The fourth-order valence-corrected chi connectivity index (χ4v) is 9.75. The predicted octanol–water partition coefficient (Wildman–Crippen LogP) is 5.57. The normalized spacial score (nSPS) is 28.3. The van der Waals surface area contributed by atoms with Crippen LogP contribution >= 0.6 is 0 Å². The molecule has 2 aliphatic heterocycles. The SMILES string of the molecule is COc1ccc2c(O[C@@H]3C[C@H]4C(=O)N[C@]5(C(=O)NS(=O)(=O)C6(C)CC6)C[C@H]5/C=C\CC[C@@H](C)C[C@@H](C)[C@H](NC(=O)O)C(=O)N4C3)cc(-c3ccc(OC(C)C)cc3)nc2c1. The molecule has 0 spiro atoms. The third kappa shape index (κ3) is 8.89. The van der Waals surface area contributed by atoms with Crippen molar-refractivity contribution in [3.8, 4) is 28.5 Å². The minimum Gasteiger partial charge on any atom is -0.497 e. The molecule has 7 atom stereocenters. The Kier molecular flexibility index (Phi) is 11.8. The molecule has 60 heavy (non-hydrogen) atoms. The van der Waals surface area contributed by atoms with Crippen molar-refractivity contribution in [1.29, 1.82) is 0 Å². The number of amides is 4. The molecule has 4 amide bonds. The summed E-state index contributed by atoms with van der Waals surface area (Å²) in [5, 5.41) is 15.9. The molecule has 0 bridgehead atoms. The minimum absolute atomic E-state index is 0.00374. The van der Waals surface area contributed by atoms with Crippen molar-refractivity contribution in [2.45, 2.75) is 114 Å². The zero-order valence-electron chi connectivity index (χ0n) is 34.9. The number of carbonyl (C=O) groups is 4. The second kappa shape index (κ2) is 16.6. The monoisotopic (exact) mass is 845 g/mol. The largest absolute Gasteiger partial charge is 0.497 e. The summed E-state index contributed by atoms with van der Waals surface area (Å²) >= 11 is 0. The Morgan fingerprint density at radius 3 is 2.42 bits per heavy atom. The zero-order valence-corrected chi connectivity index (χ0v) is 35.7. The number of nitrogens with one attached hydrogen (secondary N) is 3. The molecule has 2 aliphatic carbocycles. The smallest absolute Gasteiger partial charge is 0.405 e. The average Bonchev–Trinajstić information content (AvgIpc) is 4.08. The van der Waals surface area contributed by atoms with Gasteiger partial charge < -0.3 is 34.9 Å². The summed E-state index contributed by atoms with van der Waals surface area (Å²) in [6, 6.07) is 12.3. The van der Waals surface area contributed by atoms with Gasteiger partial charge in [-0.25, -0.2) is 18.2 Å². The number of pyridine rings is 1. The lowest BCUT2D eigenvalue weighted by Crippen LogP contribution is -2.59. The van der Waals surface area contributed by atoms with E-state index in [1.54, 1.807) is 32.2 Å². The number of hydrogen-bond acceptors (Lipinski definition) is 10. The van der Waals surface area contributed by atoms with Crippen LogP contribution in [0.2, 0.25) is 0 Å². The van der Waals surface area contributed by atoms with Crippen LogP contribution in [0.4, 0.5) is 4.79 Å². The summed E-state index contributed by atoms with van der Waals surface area (Å²) in [7, 11) is -2.47. The van der Waals surface area contributed by atoms with Gasteiger partial charge in [-0.2, -0.15) is 0 Å². The van der Waals surface area contributed by atoms with Crippen LogP contribution in [-0.4, -0.2) is 95.5 Å². The first kappa shape index (κ1) is 42.7. The molecule has 0 unspecified atom stereocenters. The average molecular weight is 846 g/mol. The van der Waals surface area contributed by atoms with Crippen LogP contribution in [0.15, 0.2) is 60.7 Å². The van der Waals surface area contributed by atoms with Crippen molar-refractivity contribution < 1.29 is 46.9 Å². The van der Waals surface area contributed by atoms with Gasteiger partial charge in [0.2, 0.25) is 21.8 Å². The lowest BCUT2D eigenvalue weighted by atomic mass is 9.88. The van der Waals surface area contributed by atoms with Crippen molar-refractivity contribution in [3.05, 3.63) is 60.7 Å². The highest BCUT2D eigenvalue weighted by Gasteiger charge is 2.63. The van der Waals surface area contributed by atoms with Gasteiger partial charge in [0.05, 0.1) is 35.7 Å². The fourth-order valence-electron chi connectivity index (χ4n) is 8.43. The lowest BCUT2D eigenvalue weighted by molar-refractivity contribution is -0.142. The number of nitrogens with zero attached hydrogens (tertiary/aromatic N) is 2. The van der Waals surface area contributed by atoms with E-state index in [9.17, 15) is 32.7 Å². The zero-order chi connectivity index (χ0) is 43.1. The number of aromatic nitrogens is 1. The molecule has 4 aliphatic rings. The number of fused-ring (bicyclic) bond motifs is 3. The third-order valence-electron chi connectivity index (χ3n) is 12.3. The van der Waals surface area contributed by atoms with Gasteiger partial charge in [0.1, 0.15) is 41.0 Å². The first-order valence-electron chi connectivity index (χ1n) is 20.7. The Labute approximate surface area is 350 Å². The number of hydrogen-bond donors (Lipinski definition) is 4. The molecule has 7 rings (SSSR count). The Hall–Kier alpha value is -5.38. The Morgan fingerprint density at radius 2 is 1.75 bits per heavy atom. The van der Waals surface area contributed by atoms with E-state index in [1.807, 2.05) is 70.2 Å². The van der Waals surface area contributed by atoms with Crippen molar-refractivity contribution in [1.82, 2.24) is 25.2 Å². The molecular weight excluding hydrogens is 791 g/mol. The highest BCUT2D eigenvalue weighted by molar-refractivity contribution is 7.91. The Balaban J connectivity index is 1.24. The summed E-state index contributed by atoms with van der Waals surface area (Å²) in [4.78, 5) is 61.6. The van der Waals surface area contributed by atoms with E-state index in [4.69, 9.17) is 19.2 Å². The van der Waals surface area contributed by atoms with Crippen LogP contribution in [0.1, 0.15) is 79.6 Å². The maximum absolute atomic E-state index is 14.6. The van der Waals surface area contributed by atoms with Gasteiger partial charge in [0, 0.05) is 35.4 Å². The number of ether oxygens (including phenoxy) is 3. The number of carboxylic acid groups (broad SMARTS) is 1. The van der Waals surface area contributed by atoms with Crippen LogP contribution in [0, 0.1) is 17.8 Å². The van der Waals surface area contributed by atoms with Crippen LogP contribution in [0.25, 0.3) is 22.2 Å². The molecule has 1 aromatic heterocycles. The highest BCUT2D eigenvalue weighted by Crippen LogP contribution is 2.48. The molecule has 4 N–H and O–H groups in total. The first-order chi connectivity index (χ1) is 28.4. The van der Waals surface area contributed by atoms with E-state index in [1.165, 1.54) is 4.90 Å². The van der Waals surface area contributed by atoms with Crippen LogP contribution in [0.5, 0.6) is 17.2 Å². The van der Waals surface area contributed by atoms with Crippen molar-refractivity contribution in [2.24, 2.45) is 17.8 Å². The molecule has 3 fully saturated rings. The van der Waals surface area contributed by atoms with Gasteiger partial charge in [-0.1, -0.05) is 26.0 Å². The summed E-state index contributed by atoms with van der Waals surface area (Å²) in [5.41, 5.74) is 0.389. The van der Waals surface area contributed by atoms with Crippen molar-refractivity contribution in [2.75, 3.05) is 13.7 Å². The number of methoxy groups -OCH3 is 1. The van der Waals surface area contributed by atoms with Crippen molar-refractivity contribution in [3.63, 3.8) is 0 Å². The topological polar surface area (TPSA) is 203 Å². The van der Waals surface area contributed by atoms with Gasteiger partial charge in [-0.3, -0.25) is 19.1 Å². The summed E-state index contributed by atoms with van der Waals surface area (Å²) in [6.45, 7) is 9.25. The number of benzene rings is 2. The molecule has 3 heterocycles. The van der Waals surface area contributed by atoms with Crippen LogP contribution in [0.3, 0.4) is 0 Å². The Morgan fingerprint density at radius 1 is 1.03 bits per heavy atom. The number of allylic oxidation sites excluding steroid dienone is 1. The van der Waals surface area contributed by atoms with Gasteiger partial charge in [0.15, 0.2) is 0 Å². The number of rotatable bonds is 10. The highest BCUT2D eigenvalue weighted by atomic mass is 32.2. The second-order valence-corrected chi connectivity index (χ2v) is 19.7. The number of sulfonamides is 1. The third-order valence-corrected chi connectivity index (χ3v) is 14.5. The van der Waals surface area contributed by atoms with Crippen molar-refractivity contribution >= 4 is 44.7 Å². The second-order valence-electron chi connectivity index (χ2n) is 17.5. The van der Waals surface area contributed by atoms with E-state index >= 15 is 0 Å². The summed E-state index contributed by atoms with van der Waals surface area (Å²) in [5.74, 6) is -1.18. The van der Waals surface area contributed by atoms with E-state index < -0.39 is 74.1 Å². The molecule has 322 valence electrons.